The van der Waals surface area contributed by atoms with Crippen molar-refractivity contribution >= 4 is 23.0 Å². The van der Waals surface area contributed by atoms with Crippen molar-refractivity contribution in [3.8, 4) is 0 Å². The third-order valence-electron chi connectivity index (χ3n) is 2.51. The highest BCUT2D eigenvalue weighted by molar-refractivity contribution is 5.61. The molecule has 0 saturated carbocycles. The van der Waals surface area contributed by atoms with Crippen LogP contribution >= 0.6 is 0 Å². The lowest BCUT2D eigenvalue weighted by molar-refractivity contribution is 1.06. The van der Waals surface area contributed by atoms with Gasteiger partial charge in [-0.1, -0.05) is 0 Å². The highest BCUT2D eigenvalue weighted by Gasteiger charge is 2.00. The maximum Gasteiger partial charge on any atom is 0.136 e. The van der Waals surface area contributed by atoms with Crippen LogP contribution in [0.3, 0.4) is 0 Å². The number of hydrogen-bond donors (Lipinski definition) is 2. The molecule has 5 heteroatoms. The van der Waals surface area contributed by atoms with E-state index in [1.807, 2.05) is 45.3 Å². The first kappa shape index (κ1) is 12.2. The molecule has 0 radical (unpaired) electrons. The summed E-state index contributed by atoms with van der Waals surface area (Å²) < 4.78 is 0. The lowest BCUT2D eigenvalue weighted by Gasteiger charge is -2.13. The van der Waals surface area contributed by atoms with Gasteiger partial charge in [0.2, 0.25) is 0 Å². The van der Waals surface area contributed by atoms with Crippen LogP contribution in [-0.2, 0) is 0 Å². The zero-order chi connectivity index (χ0) is 13.1. The van der Waals surface area contributed by atoms with Gasteiger partial charge in [0.1, 0.15) is 17.5 Å². The first-order valence-corrected chi connectivity index (χ1v) is 5.70. The lowest BCUT2D eigenvalue weighted by atomic mass is 10.2. The van der Waals surface area contributed by atoms with Crippen molar-refractivity contribution in [1.29, 1.82) is 0 Å². The number of nitrogens with two attached hydrogens (primary N) is 1. The molecule has 0 unspecified atom stereocenters. The minimum absolute atomic E-state index is 0.468. The summed E-state index contributed by atoms with van der Waals surface area (Å²) in [6, 6.07) is 9.80. The Morgan fingerprint density at radius 3 is 2.33 bits per heavy atom. The molecule has 0 bridgehead atoms. The van der Waals surface area contributed by atoms with E-state index in [0.29, 0.717) is 17.5 Å². The van der Waals surface area contributed by atoms with E-state index < -0.39 is 0 Å². The molecule has 0 spiro atoms. The zero-order valence-electron chi connectivity index (χ0n) is 10.8. The summed E-state index contributed by atoms with van der Waals surface area (Å²) >= 11 is 0. The second kappa shape index (κ2) is 4.91. The molecule has 0 aliphatic carbocycles. The minimum atomic E-state index is 0.468. The van der Waals surface area contributed by atoms with Crippen LogP contribution in [0.4, 0.5) is 23.0 Å². The largest absolute Gasteiger partial charge is 0.384 e. The summed E-state index contributed by atoms with van der Waals surface area (Å²) in [5, 5.41) is 3.20. The van der Waals surface area contributed by atoms with Crippen molar-refractivity contribution in [1.82, 2.24) is 9.97 Å². The molecule has 94 valence electrons. The Hall–Kier alpha value is -2.30. The van der Waals surface area contributed by atoms with E-state index in [1.54, 1.807) is 6.07 Å². The van der Waals surface area contributed by atoms with Crippen LogP contribution < -0.4 is 16.0 Å². The summed E-state index contributed by atoms with van der Waals surface area (Å²) in [7, 11) is 4.02. The van der Waals surface area contributed by atoms with Gasteiger partial charge in [0.25, 0.3) is 0 Å². The molecule has 2 aromatic rings. The highest BCUT2D eigenvalue weighted by atomic mass is 15.1. The van der Waals surface area contributed by atoms with Crippen LogP contribution in [0.5, 0.6) is 0 Å². The molecule has 1 aromatic heterocycles. The second-order valence-corrected chi connectivity index (χ2v) is 4.29. The van der Waals surface area contributed by atoms with Gasteiger partial charge < -0.3 is 16.0 Å². The van der Waals surface area contributed by atoms with Crippen molar-refractivity contribution in [3.63, 3.8) is 0 Å². The quantitative estimate of drug-likeness (QED) is 0.864. The number of rotatable bonds is 3. The fraction of sp³-hybridized carbons (Fsp3) is 0.231. The molecule has 1 aromatic carbocycles. The number of hydrogen-bond acceptors (Lipinski definition) is 5. The van der Waals surface area contributed by atoms with E-state index >= 15 is 0 Å². The Kier molecular flexibility index (Phi) is 3.32. The van der Waals surface area contributed by atoms with Crippen LogP contribution in [0.25, 0.3) is 0 Å². The normalized spacial score (nSPS) is 10.2. The predicted molar refractivity (Wildman–Crippen MR) is 75.2 cm³/mol. The fourth-order valence-corrected chi connectivity index (χ4v) is 1.65. The van der Waals surface area contributed by atoms with Gasteiger partial charge in [0.05, 0.1) is 0 Å². The van der Waals surface area contributed by atoms with Crippen LogP contribution in [0.2, 0.25) is 0 Å². The summed E-state index contributed by atoms with van der Waals surface area (Å²) in [6.45, 7) is 1.82. The number of nitrogens with zero attached hydrogens (tertiary/aromatic N) is 3. The third-order valence-corrected chi connectivity index (χ3v) is 2.51. The molecule has 18 heavy (non-hydrogen) atoms. The molecule has 5 nitrogen and oxygen atoms in total. The van der Waals surface area contributed by atoms with Gasteiger partial charge in [0, 0.05) is 31.5 Å². The lowest BCUT2D eigenvalue weighted by Crippen LogP contribution is -2.08. The standard InChI is InChI=1S/C13H17N5/c1-9-15-12(14)8-13(16-9)17-10-4-6-11(7-5-10)18(2)3/h4-8H,1-3H3,(H3,14,15,16,17). The van der Waals surface area contributed by atoms with Gasteiger partial charge in [0.15, 0.2) is 0 Å². The van der Waals surface area contributed by atoms with Gasteiger partial charge in [-0.05, 0) is 31.2 Å². The van der Waals surface area contributed by atoms with E-state index in [4.69, 9.17) is 5.73 Å². The molecule has 0 amide bonds. The Labute approximate surface area is 107 Å². The highest BCUT2D eigenvalue weighted by Crippen LogP contribution is 2.19. The SMILES string of the molecule is Cc1nc(N)cc(Nc2ccc(N(C)C)cc2)n1. The van der Waals surface area contributed by atoms with Crippen LogP contribution in [0.1, 0.15) is 5.82 Å². The summed E-state index contributed by atoms with van der Waals surface area (Å²) in [4.78, 5) is 10.4. The topological polar surface area (TPSA) is 67.1 Å². The molecule has 3 N–H and O–H groups in total. The van der Waals surface area contributed by atoms with Gasteiger partial charge in [-0.15, -0.1) is 0 Å². The molecule has 0 saturated heterocycles. The molecule has 2 rings (SSSR count). The number of benzene rings is 1. The average Bonchev–Trinajstić information content (AvgIpc) is 2.28. The summed E-state index contributed by atoms with van der Waals surface area (Å²) in [6.07, 6.45) is 0. The van der Waals surface area contributed by atoms with Gasteiger partial charge in [-0.25, -0.2) is 9.97 Å². The van der Waals surface area contributed by atoms with Crippen LogP contribution in [0.15, 0.2) is 30.3 Å². The van der Waals surface area contributed by atoms with E-state index in [0.717, 1.165) is 11.4 Å². The van der Waals surface area contributed by atoms with E-state index in [2.05, 4.69) is 20.2 Å². The zero-order valence-corrected chi connectivity index (χ0v) is 10.8. The van der Waals surface area contributed by atoms with Crippen molar-refractivity contribution in [2.24, 2.45) is 0 Å². The monoisotopic (exact) mass is 243 g/mol. The maximum atomic E-state index is 5.68. The van der Waals surface area contributed by atoms with Crippen LogP contribution in [-0.4, -0.2) is 24.1 Å². The Morgan fingerprint density at radius 1 is 1.11 bits per heavy atom. The number of nitrogens with one attached hydrogen (secondary N) is 1. The number of anilines is 4. The average molecular weight is 243 g/mol. The molecule has 0 fully saturated rings. The Bertz CT molecular complexity index is 513. The minimum Gasteiger partial charge on any atom is -0.384 e. The smallest absolute Gasteiger partial charge is 0.136 e. The fourth-order valence-electron chi connectivity index (χ4n) is 1.65. The molecule has 0 aliphatic heterocycles. The third kappa shape index (κ3) is 2.88. The predicted octanol–water partition coefficient (Wildman–Crippen LogP) is 2.18. The van der Waals surface area contributed by atoms with Gasteiger partial charge in [-0.3, -0.25) is 0 Å². The van der Waals surface area contributed by atoms with Crippen molar-refractivity contribution in [3.05, 3.63) is 36.2 Å². The Morgan fingerprint density at radius 2 is 1.78 bits per heavy atom. The number of aromatic nitrogens is 2. The van der Waals surface area contributed by atoms with Crippen molar-refractivity contribution < 1.29 is 0 Å². The van der Waals surface area contributed by atoms with Crippen molar-refractivity contribution in [2.75, 3.05) is 30.0 Å². The van der Waals surface area contributed by atoms with Gasteiger partial charge >= 0.3 is 0 Å². The molecule has 0 aliphatic rings. The van der Waals surface area contributed by atoms with Gasteiger partial charge in [-0.2, -0.15) is 0 Å². The maximum absolute atomic E-state index is 5.68. The number of nitrogen functional groups attached to an aromatic ring is 1. The summed E-state index contributed by atoms with van der Waals surface area (Å²) in [5.41, 5.74) is 7.80. The molecule has 0 atom stereocenters. The number of aryl methyl sites for hydroxylation is 1. The summed E-state index contributed by atoms with van der Waals surface area (Å²) in [5.74, 6) is 1.83. The Balaban J connectivity index is 2.18. The first-order chi connectivity index (χ1) is 8.54. The van der Waals surface area contributed by atoms with E-state index in [-0.39, 0.29) is 0 Å². The van der Waals surface area contributed by atoms with Crippen LogP contribution in [0, 0.1) is 6.92 Å². The molecule has 1 heterocycles. The molecular formula is C13H17N5. The second-order valence-electron chi connectivity index (χ2n) is 4.29. The molecular weight excluding hydrogens is 226 g/mol. The van der Waals surface area contributed by atoms with E-state index in [9.17, 15) is 0 Å². The van der Waals surface area contributed by atoms with Crippen molar-refractivity contribution in [2.45, 2.75) is 6.92 Å². The van der Waals surface area contributed by atoms with E-state index in [1.165, 1.54) is 0 Å². The first-order valence-electron chi connectivity index (χ1n) is 5.70.